The molecular weight excluding hydrogens is 256 g/mol. The summed E-state index contributed by atoms with van der Waals surface area (Å²) in [5.41, 5.74) is 6.50. The number of amides is 1. The summed E-state index contributed by atoms with van der Waals surface area (Å²) in [6.45, 7) is 6.74. The third kappa shape index (κ3) is 4.42. The van der Waals surface area contributed by atoms with E-state index in [1.54, 1.807) is 20.1 Å². The Balaban J connectivity index is 2.79. The number of nitrogens with one attached hydrogen (secondary N) is 1. The smallest absolute Gasteiger partial charge is 0.260 e. The monoisotopic (exact) mass is 280 g/mol. The second kappa shape index (κ2) is 7.75. The molecule has 112 valence electrons. The summed E-state index contributed by atoms with van der Waals surface area (Å²) in [5.74, 6) is 1.37. The van der Waals surface area contributed by atoms with Gasteiger partial charge in [0.2, 0.25) is 0 Å². The fourth-order valence-electron chi connectivity index (χ4n) is 1.70. The van der Waals surface area contributed by atoms with Crippen LogP contribution in [0.3, 0.4) is 0 Å². The zero-order valence-electron chi connectivity index (χ0n) is 12.6. The Kier molecular flexibility index (Phi) is 6.31. The molecule has 0 fully saturated rings. The van der Waals surface area contributed by atoms with Crippen molar-refractivity contribution in [3.8, 4) is 11.5 Å². The number of hydrogen-bond acceptors (Lipinski definition) is 4. The SMILES string of the molecule is COc1cccc(CN)c1OC(C)C(=O)NCC(C)C. The lowest BCUT2D eigenvalue weighted by atomic mass is 10.2. The molecule has 1 aromatic rings. The van der Waals surface area contributed by atoms with Crippen LogP contribution in [0.15, 0.2) is 18.2 Å². The maximum atomic E-state index is 11.9. The van der Waals surface area contributed by atoms with Crippen molar-refractivity contribution < 1.29 is 14.3 Å². The van der Waals surface area contributed by atoms with Crippen LogP contribution in [0.5, 0.6) is 11.5 Å². The Hall–Kier alpha value is -1.75. The standard InChI is InChI=1S/C15H24N2O3/c1-10(2)9-17-15(18)11(3)20-14-12(8-16)6-5-7-13(14)19-4/h5-7,10-11H,8-9,16H2,1-4H3,(H,17,18). The van der Waals surface area contributed by atoms with E-state index in [9.17, 15) is 4.79 Å². The molecule has 5 nitrogen and oxygen atoms in total. The fraction of sp³-hybridized carbons (Fsp3) is 0.533. The number of benzene rings is 1. The Morgan fingerprint density at radius 2 is 2.05 bits per heavy atom. The van der Waals surface area contributed by atoms with Gasteiger partial charge in [0.1, 0.15) is 0 Å². The van der Waals surface area contributed by atoms with Crippen LogP contribution in [0.4, 0.5) is 0 Å². The molecular formula is C15H24N2O3. The number of hydrogen-bond donors (Lipinski definition) is 2. The van der Waals surface area contributed by atoms with Gasteiger partial charge >= 0.3 is 0 Å². The van der Waals surface area contributed by atoms with E-state index in [4.69, 9.17) is 15.2 Å². The molecule has 0 radical (unpaired) electrons. The lowest BCUT2D eigenvalue weighted by molar-refractivity contribution is -0.127. The number of ether oxygens (including phenoxy) is 2. The van der Waals surface area contributed by atoms with Gasteiger partial charge in [0.25, 0.3) is 5.91 Å². The maximum absolute atomic E-state index is 11.9. The summed E-state index contributed by atoms with van der Waals surface area (Å²) in [5, 5.41) is 2.84. The molecule has 20 heavy (non-hydrogen) atoms. The number of methoxy groups -OCH3 is 1. The molecule has 0 aliphatic rings. The third-order valence-corrected chi connectivity index (χ3v) is 2.85. The first kappa shape index (κ1) is 16.3. The van der Waals surface area contributed by atoms with Gasteiger partial charge in [0, 0.05) is 18.7 Å². The highest BCUT2D eigenvalue weighted by molar-refractivity contribution is 5.80. The molecule has 0 aliphatic heterocycles. The van der Waals surface area contributed by atoms with Crippen molar-refractivity contribution >= 4 is 5.91 Å². The summed E-state index contributed by atoms with van der Waals surface area (Å²) < 4.78 is 11.0. The van der Waals surface area contributed by atoms with Crippen molar-refractivity contribution in [3.63, 3.8) is 0 Å². The van der Waals surface area contributed by atoms with E-state index in [2.05, 4.69) is 5.32 Å². The number of nitrogens with two attached hydrogens (primary N) is 1. The lowest BCUT2D eigenvalue weighted by Gasteiger charge is -2.19. The van der Waals surface area contributed by atoms with Gasteiger partial charge in [-0.3, -0.25) is 4.79 Å². The molecule has 0 spiro atoms. The van der Waals surface area contributed by atoms with Crippen LogP contribution in [-0.4, -0.2) is 25.7 Å². The van der Waals surface area contributed by atoms with E-state index >= 15 is 0 Å². The molecule has 0 aromatic heterocycles. The van der Waals surface area contributed by atoms with Gasteiger partial charge in [-0.05, 0) is 18.9 Å². The molecule has 0 aliphatic carbocycles. The lowest BCUT2D eigenvalue weighted by Crippen LogP contribution is -2.38. The number of rotatable bonds is 7. The second-order valence-corrected chi connectivity index (χ2v) is 5.05. The normalized spacial score (nSPS) is 12.1. The molecule has 0 saturated heterocycles. The van der Waals surface area contributed by atoms with E-state index < -0.39 is 6.10 Å². The fourth-order valence-corrected chi connectivity index (χ4v) is 1.70. The summed E-state index contributed by atoms with van der Waals surface area (Å²) in [7, 11) is 1.56. The van der Waals surface area contributed by atoms with E-state index in [1.165, 1.54) is 0 Å². The van der Waals surface area contributed by atoms with Crippen molar-refractivity contribution in [2.45, 2.75) is 33.4 Å². The van der Waals surface area contributed by atoms with Crippen LogP contribution in [0, 0.1) is 5.92 Å². The molecule has 0 saturated carbocycles. The maximum Gasteiger partial charge on any atom is 0.260 e. The average molecular weight is 280 g/mol. The number of carbonyl (C=O) groups excluding carboxylic acids is 1. The van der Waals surface area contributed by atoms with Crippen LogP contribution in [0.1, 0.15) is 26.3 Å². The molecule has 3 N–H and O–H groups in total. The summed E-state index contributed by atoms with van der Waals surface area (Å²) in [6, 6.07) is 5.49. The summed E-state index contributed by atoms with van der Waals surface area (Å²) >= 11 is 0. The molecule has 1 aromatic carbocycles. The van der Waals surface area contributed by atoms with Crippen LogP contribution >= 0.6 is 0 Å². The first-order valence-electron chi connectivity index (χ1n) is 6.79. The molecule has 1 amide bonds. The minimum atomic E-state index is -0.602. The van der Waals surface area contributed by atoms with Crippen LogP contribution in [0.25, 0.3) is 0 Å². The summed E-state index contributed by atoms with van der Waals surface area (Å²) in [4.78, 5) is 11.9. The van der Waals surface area contributed by atoms with Crippen molar-refractivity contribution in [2.75, 3.05) is 13.7 Å². The van der Waals surface area contributed by atoms with Crippen molar-refractivity contribution in [3.05, 3.63) is 23.8 Å². The molecule has 1 unspecified atom stereocenters. The molecule has 1 rings (SSSR count). The van der Waals surface area contributed by atoms with E-state index in [-0.39, 0.29) is 5.91 Å². The largest absolute Gasteiger partial charge is 0.493 e. The number of carbonyl (C=O) groups is 1. The van der Waals surface area contributed by atoms with E-state index in [0.717, 1.165) is 5.56 Å². The Morgan fingerprint density at radius 1 is 1.35 bits per heavy atom. The predicted octanol–water partition coefficient (Wildman–Crippen LogP) is 1.69. The Morgan fingerprint density at radius 3 is 2.60 bits per heavy atom. The van der Waals surface area contributed by atoms with Crippen LogP contribution < -0.4 is 20.5 Å². The number of para-hydroxylation sites is 1. The van der Waals surface area contributed by atoms with Crippen LogP contribution in [-0.2, 0) is 11.3 Å². The van der Waals surface area contributed by atoms with Gasteiger partial charge in [-0.15, -0.1) is 0 Å². The second-order valence-electron chi connectivity index (χ2n) is 5.05. The topological polar surface area (TPSA) is 73.6 Å². The highest BCUT2D eigenvalue weighted by Crippen LogP contribution is 2.31. The first-order chi connectivity index (χ1) is 9.49. The zero-order chi connectivity index (χ0) is 15.1. The Labute approximate surface area is 120 Å². The minimum absolute atomic E-state index is 0.146. The third-order valence-electron chi connectivity index (χ3n) is 2.85. The molecule has 1 atom stereocenters. The van der Waals surface area contributed by atoms with Crippen molar-refractivity contribution in [1.29, 1.82) is 0 Å². The predicted molar refractivity (Wildman–Crippen MR) is 78.8 cm³/mol. The molecule has 5 heteroatoms. The molecule has 0 heterocycles. The van der Waals surface area contributed by atoms with Gasteiger partial charge in [-0.1, -0.05) is 26.0 Å². The average Bonchev–Trinajstić information content (AvgIpc) is 2.44. The van der Waals surface area contributed by atoms with Crippen molar-refractivity contribution in [1.82, 2.24) is 5.32 Å². The van der Waals surface area contributed by atoms with Gasteiger partial charge in [0.05, 0.1) is 7.11 Å². The Bertz CT molecular complexity index is 424. The van der Waals surface area contributed by atoms with Gasteiger partial charge in [0.15, 0.2) is 17.6 Å². The quantitative estimate of drug-likeness (QED) is 0.797. The van der Waals surface area contributed by atoms with E-state index in [1.807, 2.05) is 26.0 Å². The first-order valence-corrected chi connectivity index (χ1v) is 6.79. The zero-order valence-corrected chi connectivity index (χ0v) is 12.6. The minimum Gasteiger partial charge on any atom is -0.493 e. The molecule has 0 bridgehead atoms. The highest BCUT2D eigenvalue weighted by Gasteiger charge is 2.18. The van der Waals surface area contributed by atoms with Gasteiger partial charge in [-0.25, -0.2) is 0 Å². The van der Waals surface area contributed by atoms with E-state index in [0.29, 0.717) is 30.5 Å². The van der Waals surface area contributed by atoms with Gasteiger partial charge < -0.3 is 20.5 Å². The van der Waals surface area contributed by atoms with Crippen LogP contribution in [0.2, 0.25) is 0 Å². The van der Waals surface area contributed by atoms with Crippen molar-refractivity contribution in [2.24, 2.45) is 11.7 Å². The van der Waals surface area contributed by atoms with Gasteiger partial charge in [-0.2, -0.15) is 0 Å². The highest BCUT2D eigenvalue weighted by atomic mass is 16.5. The summed E-state index contributed by atoms with van der Waals surface area (Å²) in [6.07, 6.45) is -0.602.